The first-order valence-corrected chi connectivity index (χ1v) is 7.86. The van der Waals surface area contributed by atoms with Crippen LogP contribution in [0.1, 0.15) is 22.7 Å². The molecule has 0 aliphatic rings. The predicted molar refractivity (Wildman–Crippen MR) is 84.9 cm³/mol. The van der Waals surface area contributed by atoms with Crippen molar-refractivity contribution in [1.29, 1.82) is 0 Å². The second kappa shape index (κ2) is 7.78. The summed E-state index contributed by atoms with van der Waals surface area (Å²) in [6.45, 7) is 2.63. The summed E-state index contributed by atoms with van der Waals surface area (Å²) in [5.74, 6) is 0.918. The SMILES string of the molecule is COc1ccc(CCC(=O)NCCc2nc(C)cs2)cc1. The fraction of sp³-hybridized carbons (Fsp3) is 0.375. The average Bonchev–Trinajstić information content (AvgIpc) is 2.91. The number of aryl methyl sites for hydroxylation is 2. The van der Waals surface area contributed by atoms with Crippen molar-refractivity contribution in [1.82, 2.24) is 10.3 Å². The molecule has 5 heteroatoms. The third-order valence-corrected chi connectivity index (χ3v) is 4.15. The lowest BCUT2D eigenvalue weighted by atomic mass is 10.1. The Morgan fingerprint density at radius 2 is 2.05 bits per heavy atom. The summed E-state index contributed by atoms with van der Waals surface area (Å²) in [7, 11) is 1.65. The quantitative estimate of drug-likeness (QED) is 0.855. The molecule has 0 spiro atoms. The van der Waals surface area contributed by atoms with E-state index in [1.54, 1.807) is 18.4 Å². The molecule has 4 nitrogen and oxygen atoms in total. The molecule has 2 aromatic rings. The number of benzene rings is 1. The Morgan fingerprint density at radius 1 is 1.29 bits per heavy atom. The van der Waals surface area contributed by atoms with E-state index in [2.05, 4.69) is 10.3 Å². The van der Waals surface area contributed by atoms with Crippen molar-refractivity contribution in [2.24, 2.45) is 0 Å². The molecule has 1 heterocycles. The summed E-state index contributed by atoms with van der Waals surface area (Å²) in [6, 6.07) is 7.81. The third kappa shape index (κ3) is 5.19. The lowest BCUT2D eigenvalue weighted by Crippen LogP contribution is -2.25. The van der Waals surface area contributed by atoms with Gasteiger partial charge in [-0.1, -0.05) is 12.1 Å². The van der Waals surface area contributed by atoms with Crippen molar-refractivity contribution in [2.45, 2.75) is 26.2 Å². The first-order valence-electron chi connectivity index (χ1n) is 6.98. The van der Waals surface area contributed by atoms with E-state index >= 15 is 0 Å². The minimum atomic E-state index is 0.0825. The van der Waals surface area contributed by atoms with Crippen molar-refractivity contribution < 1.29 is 9.53 Å². The van der Waals surface area contributed by atoms with E-state index in [0.29, 0.717) is 13.0 Å². The Labute approximate surface area is 129 Å². The van der Waals surface area contributed by atoms with E-state index < -0.39 is 0 Å². The summed E-state index contributed by atoms with van der Waals surface area (Å²) in [6.07, 6.45) is 2.04. The molecular formula is C16H20N2O2S. The van der Waals surface area contributed by atoms with Crippen molar-refractivity contribution in [3.05, 3.63) is 45.9 Å². The summed E-state index contributed by atoms with van der Waals surface area (Å²) in [5.41, 5.74) is 2.18. The molecular weight excluding hydrogens is 284 g/mol. The van der Waals surface area contributed by atoms with Gasteiger partial charge in [-0.3, -0.25) is 4.79 Å². The number of nitrogens with one attached hydrogen (secondary N) is 1. The third-order valence-electron chi connectivity index (χ3n) is 3.13. The van der Waals surface area contributed by atoms with Crippen molar-refractivity contribution in [3.63, 3.8) is 0 Å². The number of methoxy groups -OCH3 is 1. The van der Waals surface area contributed by atoms with Gasteiger partial charge in [-0.15, -0.1) is 11.3 Å². The summed E-state index contributed by atoms with van der Waals surface area (Å²) >= 11 is 1.64. The van der Waals surface area contributed by atoms with Gasteiger partial charge in [0.2, 0.25) is 5.91 Å². The van der Waals surface area contributed by atoms with E-state index in [9.17, 15) is 4.79 Å². The van der Waals surface area contributed by atoms with E-state index in [4.69, 9.17) is 4.74 Å². The highest BCUT2D eigenvalue weighted by atomic mass is 32.1. The highest BCUT2D eigenvalue weighted by Gasteiger charge is 2.04. The summed E-state index contributed by atoms with van der Waals surface area (Å²) < 4.78 is 5.11. The fourth-order valence-corrected chi connectivity index (χ4v) is 2.74. The molecule has 21 heavy (non-hydrogen) atoms. The van der Waals surface area contributed by atoms with Gasteiger partial charge in [0, 0.05) is 30.5 Å². The number of thiazole rings is 1. The summed E-state index contributed by atoms with van der Waals surface area (Å²) in [5, 5.41) is 6.04. The van der Waals surface area contributed by atoms with E-state index in [0.717, 1.165) is 34.9 Å². The summed E-state index contributed by atoms with van der Waals surface area (Å²) in [4.78, 5) is 16.2. The molecule has 0 bridgehead atoms. The zero-order valence-electron chi connectivity index (χ0n) is 12.4. The zero-order valence-corrected chi connectivity index (χ0v) is 13.2. The monoisotopic (exact) mass is 304 g/mol. The molecule has 0 unspecified atom stereocenters. The van der Waals surface area contributed by atoms with Crippen LogP contribution in [0, 0.1) is 6.92 Å². The first-order chi connectivity index (χ1) is 10.2. The van der Waals surface area contributed by atoms with Gasteiger partial charge < -0.3 is 10.1 Å². The van der Waals surface area contributed by atoms with E-state index in [-0.39, 0.29) is 5.91 Å². The van der Waals surface area contributed by atoms with Crippen LogP contribution >= 0.6 is 11.3 Å². The predicted octanol–water partition coefficient (Wildman–Crippen LogP) is 2.75. The van der Waals surface area contributed by atoms with Crippen LogP contribution in [-0.4, -0.2) is 24.5 Å². The number of nitrogens with zero attached hydrogens (tertiary/aromatic N) is 1. The van der Waals surface area contributed by atoms with Crippen molar-refractivity contribution in [3.8, 4) is 5.75 Å². The molecule has 0 aliphatic carbocycles. The van der Waals surface area contributed by atoms with E-state index in [1.807, 2.05) is 36.6 Å². The molecule has 1 aromatic heterocycles. The molecule has 0 radical (unpaired) electrons. The molecule has 2 rings (SSSR count). The second-order valence-corrected chi connectivity index (χ2v) is 5.77. The molecule has 112 valence electrons. The minimum absolute atomic E-state index is 0.0825. The molecule has 0 aliphatic heterocycles. The lowest BCUT2D eigenvalue weighted by Gasteiger charge is -2.05. The number of rotatable bonds is 7. The molecule has 0 saturated carbocycles. The van der Waals surface area contributed by atoms with Crippen LogP contribution < -0.4 is 10.1 Å². The second-order valence-electron chi connectivity index (χ2n) is 4.83. The maximum atomic E-state index is 11.8. The normalized spacial score (nSPS) is 10.4. The Kier molecular flexibility index (Phi) is 5.75. The number of hydrogen-bond donors (Lipinski definition) is 1. The van der Waals surface area contributed by atoms with Crippen LogP contribution in [0.25, 0.3) is 0 Å². The van der Waals surface area contributed by atoms with Crippen molar-refractivity contribution >= 4 is 17.2 Å². The molecule has 1 aromatic carbocycles. The molecule has 0 saturated heterocycles. The van der Waals surface area contributed by atoms with Crippen LogP contribution in [0.2, 0.25) is 0 Å². The molecule has 0 atom stereocenters. The zero-order chi connectivity index (χ0) is 15.1. The van der Waals surface area contributed by atoms with Gasteiger partial charge in [0.15, 0.2) is 0 Å². The van der Waals surface area contributed by atoms with Gasteiger partial charge in [-0.25, -0.2) is 4.98 Å². The number of carbonyl (C=O) groups is 1. The Balaban J connectivity index is 1.67. The van der Waals surface area contributed by atoms with Crippen molar-refractivity contribution in [2.75, 3.05) is 13.7 Å². The van der Waals surface area contributed by atoms with Gasteiger partial charge >= 0.3 is 0 Å². The molecule has 1 amide bonds. The number of aromatic nitrogens is 1. The van der Waals surface area contributed by atoms with Gasteiger partial charge in [-0.2, -0.15) is 0 Å². The standard InChI is InChI=1S/C16H20N2O2S/c1-12-11-21-16(18-12)9-10-17-15(19)8-5-13-3-6-14(20-2)7-4-13/h3-4,6-7,11H,5,8-10H2,1-2H3,(H,17,19). The van der Waals surface area contributed by atoms with Crippen LogP contribution in [0.5, 0.6) is 5.75 Å². The number of ether oxygens (including phenoxy) is 1. The Morgan fingerprint density at radius 3 is 2.67 bits per heavy atom. The average molecular weight is 304 g/mol. The Bertz CT molecular complexity index is 578. The van der Waals surface area contributed by atoms with E-state index in [1.165, 1.54) is 0 Å². The smallest absolute Gasteiger partial charge is 0.220 e. The van der Waals surface area contributed by atoms with Gasteiger partial charge in [0.1, 0.15) is 5.75 Å². The number of amides is 1. The van der Waals surface area contributed by atoms with Crippen LogP contribution in [0.3, 0.4) is 0 Å². The van der Waals surface area contributed by atoms with Gasteiger partial charge in [0.25, 0.3) is 0 Å². The number of hydrogen-bond acceptors (Lipinski definition) is 4. The maximum Gasteiger partial charge on any atom is 0.220 e. The van der Waals surface area contributed by atoms with Crippen LogP contribution in [0.4, 0.5) is 0 Å². The lowest BCUT2D eigenvalue weighted by molar-refractivity contribution is -0.121. The molecule has 0 fully saturated rings. The number of carbonyl (C=O) groups excluding carboxylic acids is 1. The highest BCUT2D eigenvalue weighted by Crippen LogP contribution is 2.12. The fourth-order valence-electron chi connectivity index (χ4n) is 1.96. The Hall–Kier alpha value is -1.88. The molecule has 1 N–H and O–H groups in total. The maximum absolute atomic E-state index is 11.8. The highest BCUT2D eigenvalue weighted by molar-refractivity contribution is 7.09. The largest absolute Gasteiger partial charge is 0.497 e. The van der Waals surface area contributed by atoms with Gasteiger partial charge in [0.05, 0.1) is 12.1 Å². The van der Waals surface area contributed by atoms with Gasteiger partial charge in [-0.05, 0) is 31.0 Å². The van der Waals surface area contributed by atoms with Crippen LogP contribution in [0.15, 0.2) is 29.6 Å². The minimum Gasteiger partial charge on any atom is -0.497 e. The van der Waals surface area contributed by atoms with Crippen LogP contribution in [-0.2, 0) is 17.6 Å². The first kappa shape index (κ1) is 15.5. The topological polar surface area (TPSA) is 51.2 Å².